The molecule has 25 heavy (non-hydrogen) atoms. The van der Waals surface area contributed by atoms with Crippen LogP contribution in [0.25, 0.3) is 0 Å². The van der Waals surface area contributed by atoms with E-state index in [0.717, 1.165) is 44.5 Å². The molecule has 0 spiro atoms. The Balaban J connectivity index is 0.00000156. The average molecular weight is 388 g/mol. The van der Waals surface area contributed by atoms with Crippen LogP contribution in [0.15, 0.2) is 30.3 Å². The summed E-state index contributed by atoms with van der Waals surface area (Å²) in [6, 6.07) is 10.6. The number of likely N-dealkylation sites (tertiary alicyclic amines) is 1. The lowest BCUT2D eigenvalue weighted by atomic mass is 9.93. The van der Waals surface area contributed by atoms with Crippen LogP contribution in [0.5, 0.6) is 0 Å². The lowest BCUT2D eigenvalue weighted by molar-refractivity contribution is -0.138. The van der Waals surface area contributed by atoms with Gasteiger partial charge in [-0.2, -0.15) is 0 Å². The fourth-order valence-corrected chi connectivity index (χ4v) is 4.14. The van der Waals surface area contributed by atoms with E-state index >= 15 is 0 Å². The lowest BCUT2D eigenvalue weighted by Crippen LogP contribution is -2.47. The Hall–Kier alpha value is -0.810. The minimum Gasteiger partial charge on any atom is -0.335 e. The number of hydrogen-bond donors (Lipinski definition) is 1. The van der Waals surface area contributed by atoms with E-state index in [9.17, 15) is 4.79 Å². The second-order valence-electron chi connectivity index (χ2n) is 7.04. The molecule has 2 bridgehead atoms. The van der Waals surface area contributed by atoms with Crippen LogP contribution in [-0.4, -0.2) is 47.4 Å². The topological polar surface area (TPSA) is 49.6 Å². The molecule has 0 saturated carbocycles. The van der Waals surface area contributed by atoms with Crippen molar-refractivity contribution in [1.82, 2.24) is 9.80 Å². The summed E-state index contributed by atoms with van der Waals surface area (Å²) in [5.41, 5.74) is 7.44. The van der Waals surface area contributed by atoms with Crippen LogP contribution in [0.4, 0.5) is 0 Å². The van der Waals surface area contributed by atoms with E-state index in [1.807, 2.05) is 37.3 Å². The highest BCUT2D eigenvalue weighted by Crippen LogP contribution is 2.33. The predicted molar refractivity (Wildman–Crippen MR) is 107 cm³/mol. The molecular formula is C19H31Cl2N3O. The summed E-state index contributed by atoms with van der Waals surface area (Å²) < 4.78 is 0. The number of nitrogens with two attached hydrogens (primary N) is 1. The summed E-state index contributed by atoms with van der Waals surface area (Å²) >= 11 is 0. The van der Waals surface area contributed by atoms with E-state index in [-0.39, 0.29) is 42.7 Å². The molecule has 6 heteroatoms. The molecule has 2 aliphatic heterocycles. The van der Waals surface area contributed by atoms with Crippen LogP contribution in [0, 0.1) is 5.92 Å². The molecule has 2 saturated heterocycles. The van der Waals surface area contributed by atoms with Crippen molar-refractivity contribution in [3.8, 4) is 0 Å². The molecule has 2 fully saturated rings. The third-order valence-corrected chi connectivity index (χ3v) is 5.68. The molecule has 3 rings (SSSR count). The summed E-state index contributed by atoms with van der Waals surface area (Å²) in [4.78, 5) is 17.8. The van der Waals surface area contributed by atoms with Gasteiger partial charge in [-0.25, -0.2) is 0 Å². The molecule has 0 radical (unpaired) electrons. The number of hydrogen-bond acceptors (Lipinski definition) is 3. The van der Waals surface area contributed by atoms with Gasteiger partial charge in [0.2, 0.25) is 5.91 Å². The van der Waals surface area contributed by atoms with E-state index in [4.69, 9.17) is 5.73 Å². The van der Waals surface area contributed by atoms with Crippen molar-refractivity contribution in [2.75, 3.05) is 19.6 Å². The van der Waals surface area contributed by atoms with Crippen molar-refractivity contribution in [2.45, 2.75) is 51.2 Å². The van der Waals surface area contributed by atoms with E-state index in [1.165, 1.54) is 0 Å². The van der Waals surface area contributed by atoms with Gasteiger partial charge in [0.05, 0.1) is 5.92 Å². The highest BCUT2D eigenvalue weighted by molar-refractivity contribution is 5.85. The molecule has 2 heterocycles. The summed E-state index contributed by atoms with van der Waals surface area (Å²) in [6.45, 7) is 7.40. The molecule has 2 aliphatic rings. The van der Waals surface area contributed by atoms with Crippen molar-refractivity contribution in [3.63, 3.8) is 0 Å². The van der Waals surface area contributed by atoms with Crippen molar-refractivity contribution < 1.29 is 4.79 Å². The zero-order valence-corrected chi connectivity index (χ0v) is 16.8. The molecule has 1 amide bonds. The Morgan fingerprint density at radius 1 is 1.16 bits per heavy atom. The Morgan fingerprint density at radius 2 is 1.80 bits per heavy atom. The van der Waals surface area contributed by atoms with Crippen LogP contribution >= 0.6 is 24.8 Å². The van der Waals surface area contributed by atoms with E-state index in [0.29, 0.717) is 12.1 Å². The van der Waals surface area contributed by atoms with Crippen molar-refractivity contribution in [2.24, 2.45) is 11.7 Å². The number of amides is 1. The normalized spacial score (nSPS) is 25.3. The molecule has 4 unspecified atom stereocenters. The minimum absolute atomic E-state index is 0. The summed E-state index contributed by atoms with van der Waals surface area (Å²) in [7, 11) is 0. The summed E-state index contributed by atoms with van der Waals surface area (Å²) in [5, 5.41) is 0. The van der Waals surface area contributed by atoms with Crippen LogP contribution in [0.2, 0.25) is 0 Å². The monoisotopic (exact) mass is 387 g/mol. The number of rotatable bonds is 4. The highest BCUT2D eigenvalue weighted by Gasteiger charge is 2.42. The Bertz CT molecular complexity index is 543. The number of carbonyl (C=O) groups excluding carboxylic acids is 1. The maximum absolute atomic E-state index is 13.1. The second-order valence-corrected chi connectivity index (χ2v) is 7.04. The number of fused-ring (bicyclic) bond motifs is 2. The number of nitrogens with zero attached hydrogens (tertiary/aromatic N) is 2. The SMILES string of the molecule is CCN1CCC2CCC(C1)N2C(=O)C(C)C(N)c1ccccc1.Cl.Cl. The fourth-order valence-electron chi connectivity index (χ4n) is 4.14. The molecule has 2 N–H and O–H groups in total. The van der Waals surface area contributed by atoms with E-state index in [1.54, 1.807) is 0 Å². The first-order valence-electron chi connectivity index (χ1n) is 8.96. The number of halogens is 2. The Kier molecular flexibility index (Phi) is 8.69. The van der Waals surface area contributed by atoms with Gasteiger partial charge in [0.1, 0.15) is 0 Å². The van der Waals surface area contributed by atoms with Crippen LogP contribution in [0.3, 0.4) is 0 Å². The van der Waals surface area contributed by atoms with Gasteiger partial charge in [-0.1, -0.05) is 44.2 Å². The van der Waals surface area contributed by atoms with Crippen LogP contribution in [-0.2, 0) is 4.79 Å². The number of likely N-dealkylation sites (N-methyl/N-ethyl adjacent to an activating group) is 1. The van der Waals surface area contributed by atoms with Gasteiger partial charge in [-0.3, -0.25) is 4.79 Å². The van der Waals surface area contributed by atoms with E-state index < -0.39 is 0 Å². The molecular weight excluding hydrogens is 357 g/mol. The molecule has 0 aromatic heterocycles. The minimum atomic E-state index is -0.228. The second kappa shape index (κ2) is 9.77. The summed E-state index contributed by atoms with van der Waals surface area (Å²) in [5.74, 6) is 0.0699. The molecule has 1 aromatic carbocycles. The quantitative estimate of drug-likeness (QED) is 0.862. The first-order chi connectivity index (χ1) is 11.1. The molecule has 4 atom stereocenters. The van der Waals surface area contributed by atoms with E-state index in [2.05, 4.69) is 16.7 Å². The average Bonchev–Trinajstić information content (AvgIpc) is 2.88. The van der Waals surface area contributed by atoms with Gasteiger partial charge in [0, 0.05) is 31.2 Å². The zero-order valence-electron chi connectivity index (χ0n) is 15.1. The maximum atomic E-state index is 13.1. The maximum Gasteiger partial charge on any atom is 0.227 e. The Labute approximate surface area is 163 Å². The third kappa shape index (κ3) is 4.68. The van der Waals surface area contributed by atoms with Crippen LogP contribution < -0.4 is 5.73 Å². The van der Waals surface area contributed by atoms with Crippen molar-refractivity contribution in [1.29, 1.82) is 0 Å². The number of carbonyl (C=O) groups is 1. The summed E-state index contributed by atoms with van der Waals surface area (Å²) in [6.07, 6.45) is 3.39. The molecule has 1 aromatic rings. The van der Waals surface area contributed by atoms with Crippen molar-refractivity contribution in [3.05, 3.63) is 35.9 Å². The molecule has 0 aliphatic carbocycles. The van der Waals surface area contributed by atoms with Gasteiger partial charge in [-0.05, 0) is 31.4 Å². The van der Waals surface area contributed by atoms with Gasteiger partial charge in [-0.15, -0.1) is 24.8 Å². The lowest BCUT2D eigenvalue weighted by Gasteiger charge is -2.33. The van der Waals surface area contributed by atoms with Crippen LogP contribution in [0.1, 0.15) is 44.7 Å². The first kappa shape index (κ1) is 22.2. The zero-order chi connectivity index (χ0) is 16.4. The Morgan fingerprint density at radius 3 is 2.44 bits per heavy atom. The first-order valence-corrected chi connectivity index (χ1v) is 8.96. The smallest absolute Gasteiger partial charge is 0.227 e. The standard InChI is InChI=1S/C19H29N3O.2ClH/c1-3-21-12-11-16-9-10-17(13-21)22(16)19(23)14(2)18(20)15-7-5-4-6-8-15;;/h4-8,14,16-18H,3,9-13,20H2,1-2H3;2*1H. The van der Waals surface area contributed by atoms with Crippen molar-refractivity contribution >= 4 is 30.7 Å². The highest BCUT2D eigenvalue weighted by atomic mass is 35.5. The molecule has 142 valence electrons. The third-order valence-electron chi connectivity index (χ3n) is 5.68. The molecule has 4 nitrogen and oxygen atoms in total. The van der Waals surface area contributed by atoms with Gasteiger partial charge in [0.25, 0.3) is 0 Å². The largest absolute Gasteiger partial charge is 0.335 e. The van der Waals surface area contributed by atoms with Gasteiger partial charge in [0.15, 0.2) is 0 Å². The predicted octanol–water partition coefficient (Wildman–Crippen LogP) is 3.25. The fraction of sp³-hybridized carbons (Fsp3) is 0.632. The van der Waals surface area contributed by atoms with Gasteiger partial charge >= 0.3 is 0 Å². The van der Waals surface area contributed by atoms with Gasteiger partial charge < -0.3 is 15.5 Å². The number of benzene rings is 1.